The van der Waals surface area contributed by atoms with Gasteiger partial charge < -0.3 is 14.7 Å². The number of anilines is 2. The first-order chi connectivity index (χ1) is 10.4. The predicted molar refractivity (Wildman–Crippen MR) is 79.3 cm³/mol. The highest BCUT2D eigenvalue weighted by Gasteiger charge is 2.18. The van der Waals surface area contributed by atoms with Gasteiger partial charge in [0.25, 0.3) is 0 Å². The van der Waals surface area contributed by atoms with Crippen LogP contribution in [0.5, 0.6) is 0 Å². The van der Waals surface area contributed by atoms with E-state index in [1.165, 1.54) is 24.0 Å². The van der Waals surface area contributed by atoms with E-state index in [9.17, 15) is 14.0 Å². The minimum absolute atomic E-state index is 0.128. The van der Waals surface area contributed by atoms with Crippen LogP contribution in [0.4, 0.5) is 15.9 Å². The van der Waals surface area contributed by atoms with Gasteiger partial charge in [0, 0.05) is 18.7 Å². The Bertz CT molecular complexity index is 717. The van der Waals surface area contributed by atoms with E-state index in [0.717, 1.165) is 6.07 Å². The molecule has 1 aromatic carbocycles. The first-order valence-corrected chi connectivity index (χ1v) is 6.71. The van der Waals surface area contributed by atoms with Crippen LogP contribution in [0.2, 0.25) is 5.02 Å². The molecule has 0 fully saturated rings. The molecular weight excluding hydrogens is 313 g/mol. The van der Waals surface area contributed by atoms with Crippen LogP contribution in [-0.4, -0.2) is 23.5 Å². The van der Waals surface area contributed by atoms with Crippen molar-refractivity contribution in [1.82, 2.24) is 5.16 Å². The van der Waals surface area contributed by atoms with Gasteiger partial charge in [0.05, 0.1) is 5.02 Å². The SMILES string of the molecule is CC(=O)N(CC(=O)Nc1cc(C)on1)c1ccc(F)c(Cl)c1. The average molecular weight is 326 g/mol. The highest BCUT2D eigenvalue weighted by Crippen LogP contribution is 2.22. The largest absolute Gasteiger partial charge is 0.360 e. The van der Waals surface area contributed by atoms with Gasteiger partial charge in [-0.05, 0) is 25.1 Å². The Labute approximate surface area is 130 Å². The lowest BCUT2D eigenvalue weighted by molar-refractivity contribution is -0.120. The van der Waals surface area contributed by atoms with Crippen LogP contribution in [-0.2, 0) is 9.59 Å². The van der Waals surface area contributed by atoms with Crippen LogP contribution in [0.1, 0.15) is 12.7 Å². The summed E-state index contributed by atoms with van der Waals surface area (Å²) in [4.78, 5) is 24.8. The molecule has 0 aliphatic rings. The van der Waals surface area contributed by atoms with Crippen LogP contribution >= 0.6 is 11.6 Å². The number of hydrogen-bond donors (Lipinski definition) is 1. The number of carbonyl (C=O) groups excluding carboxylic acids is 2. The number of aryl methyl sites for hydroxylation is 1. The predicted octanol–water partition coefficient (Wildman–Crippen LogP) is 2.77. The number of hydrogen-bond acceptors (Lipinski definition) is 4. The number of aromatic nitrogens is 1. The van der Waals surface area contributed by atoms with Crippen molar-refractivity contribution in [1.29, 1.82) is 0 Å². The zero-order valence-corrected chi connectivity index (χ0v) is 12.6. The number of amides is 2. The monoisotopic (exact) mass is 325 g/mol. The number of rotatable bonds is 4. The van der Waals surface area contributed by atoms with Crippen LogP contribution in [0.15, 0.2) is 28.8 Å². The van der Waals surface area contributed by atoms with Gasteiger partial charge in [-0.25, -0.2) is 4.39 Å². The van der Waals surface area contributed by atoms with Crippen molar-refractivity contribution in [2.75, 3.05) is 16.8 Å². The summed E-state index contributed by atoms with van der Waals surface area (Å²) in [6, 6.07) is 5.33. The van der Waals surface area contributed by atoms with E-state index >= 15 is 0 Å². The molecule has 0 radical (unpaired) electrons. The van der Waals surface area contributed by atoms with Crippen molar-refractivity contribution in [2.45, 2.75) is 13.8 Å². The first-order valence-electron chi connectivity index (χ1n) is 6.33. The van der Waals surface area contributed by atoms with Crippen molar-refractivity contribution >= 4 is 34.9 Å². The Hall–Kier alpha value is -2.41. The normalized spacial score (nSPS) is 10.4. The van der Waals surface area contributed by atoms with Crippen molar-refractivity contribution in [2.24, 2.45) is 0 Å². The van der Waals surface area contributed by atoms with Crippen molar-refractivity contribution in [3.05, 3.63) is 40.9 Å². The highest BCUT2D eigenvalue weighted by atomic mass is 35.5. The molecule has 2 amide bonds. The molecule has 2 aromatic rings. The van der Waals surface area contributed by atoms with Gasteiger partial charge in [-0.15, -0.1) is 0 Å². The molecule has 0 spiro atoms. The van der Waals surface area contributed by atoms with E-state index in [0.29, 0.717) is 11.4 Å². The molecule has 1 N–H and O–H groups in total. The fourth-order valence-electron chi connectivity index (χ4n) is 1.79. The summed E-state index contributed by atoms with van der Waals surface area (Å²) in [5, 5.41) is 6.00. The Kier molecular flexibility index (Phi) is 4.77. The Morgan fingerprint density at radius 1 is 1.41 bits per heavy atom. The van der Waals surface area contributed by atoms with Crippen molar-refractivity contribution < 1.29 is 18.5 Å². The summed E-state index contributed by atoms with van der Waals surface area (Å²) in [6.45, 7) is 2.72. The van der Waals surface area contributed by atoms with Gasteiger partial charge in [0.1, 0.15) is 18.1 Å². The molecule has 0 saturated carbocycles. The van der Waals surface area contributed by atoms with Crippen LogP contribution < -0.4 is 10.2 Å². The molecular formula is C14H13ClFN3O3. The molecule has 0 unspecified atom stereocenters. The summed E-state index contributed by atoms with van der Waals surface area (Å²) < 4.78 is 18.0. The molecule has 0 saturated heterocycles. The van der Waals surface area contributed by atoms with Gasteiger partial charge in [-0.2, -0.15) is 0 Å². The van der Waals surface area contributed by atoms with Gasteiger partial charge in [-0.3, -0.25) is 9.59 Å². The topological polar surface area (TPSA) is 75.4 Å². The van der Waals surface area contributed by atoms with E-state index in [-0.39, 0.29) is 23.3 Å². The maximum atomic E-state index is 13.2. The third kappa shape index (κ3) is 3.82. The number of benzene rings is 1. The highest BCUT2D eigenvalue weighted by molar-refractivity contribution is 6.31. The summed E-state index contributed by atoms with van der Waals surface area (Å²) in [7, 11) is 0. The fraction of sp³-hybridized carbons (Fsp3) is 0.214. The molecule has 1 aromatic heterocycles. The summed E-state index contributed by atoms with van der Waals surface area (Å²) in [5.41, 5.74) is 0.324. The van der Waals surface area contributed by atoms with Gasteiger partial charge in [0.2, 0.25) is 11.8 Å². The lowest BCUT2D eigenvalue weighted by Crippen LogP contribution is -2.36. The molecule has 116 valence electrons. The molecule has 22 heavy (non-hydrogen) atoms. The zero-order valence-electron chi connectivity index (χ0n) is 11.9. The number of nitrogens with zero attached hydrogens (tertiary/aromatic N) is 2. The van der Waals surface area contributed by atoms with E-state index in [1.54, 1.807) is 13.0 Å². The van der Waals surface area contributed by atoms with E-state index < -0.39 is 11.7 Å². The molecule has 6 nitrogen and oxygen atoms in total. The summed E-state index contributed by atoms with van der Waals surface area (Å²) in [6.07, 6.45) is 0. The second-order valence-electron chi connectivity index (χ2n) is 4.57. The molecule has 0 bridgehead atoms. The average Bonchev–Trinajstić information content (AvgIpc) is 2.84. The fourth-order valence-corrected chi connectivity index (χ4v) is 1.96. The second kappa shape index (κ2) is 6.57. The molecule has 1 heterocycles. The quantitative estimate of drug-likeness (QED) is 0.937. The van der Waals surface area contributed by atoms with E-state index in [1.807, 2.05) is 0 Å². The van der Waals surface area contributed by atoms with E-state index in [4.69, 9.17) is 16.1 Å². The standard InChI is InChI=1S/C14H13ClFN3O3/c1-8-5-13(18-22-8)17-14(21)7-19(9(2)20)10-3-4-12(16)11(15)6-10/h3-6H,7H2,1-2H3,(H,17,18,21). The van der Waals surface area contributed by atoms with Crippen LogP contribution in [0.3, 0.4) is 0 Å². The molecule has 8 heteroatoms. The Morgan fingerprint density at radius 2 is 2.14 bits per heavy atom. The molecule has 0 aliphatic heterocycles. The zero-order chi connectivity index (χ0) is 16.3. The Morgan fingerprint density at radius 3 is 2.68 bits per heavy atom. The number of nitrogens with one attached hydrogen (secondary N) is 1. The Balaban J connectivity index is 2.13. The van der Waals surface area contributed by atoms with Gasteiger partial charge in [-0.1, -0.05) is 16.8 Å². The molecule has 0 atom stereocenters. The second-order valence-corrected chi connectivity index (χ2v) is 4.98. The maximum Gasteiger partial charge on any atom is 0.245 e. The summed E-state index contributed by atoms with van der Waals surface area (Å²) in [5.74, 6) is -0.651. The maximum absolute atomic E-state index is 13.2. The third-order valence-electron chi connectivity index (χ3n) is 2.79. The van der Waals surface area contributed by atoms with Crippen LogP contribution in [0.25, 0.3) is 0 Å². The number of halogens is 2. The minimum atomic E-state index is -0.601. The lowest BCUT2D eigenvalue weighted by Gasteiger charge is -2.20. The molecule has 0 aliphatic carbocycles. The summed E-state index contributed by atoms with van der Waals surface area (Å²) >= 11 is 5.70. The van der Waals surface area contributed by atoms with E-state index in [2.05, 4.69) is 10.5 Å². The van der Waals surface area contributed by atoms with Crippen LogP contribution in [0, 0.1) is 12.7 Å². The smallest absolute Gasteiger partial charge is 0.245 e. The van der Waals surface area contributed by atoms with Gasteiger partial charge in [0.15, 0.2) is 5.82 Å². The van der Waals surface area contributed by atoms with Crippen molar-refractivity contribution in [3.8, 4) is 0 Å². The minimum Gasteiger partial charge on any atom is -0.360 e. The lowest BCUT2D eigenvalue weighted by atomic mass is 10.2. The number of carbonyl (C=O) groups is 2. The third-order valence-corrected chi connectivity index (χ3v) is 3.08. The van der Waals surface area contributed by atoms with Gasteiger partial charge >= 0.3 is 0 Å². The molecule has 2 rings (SSSR count). The first kappa shape index (κ1) is 16.0. The van der Waals surface area contributed by atoms with Crippen molar-refractivity contribution in [3.63, 3.8) is 0 Å².